The van der Waals surface area contributed by atoms with Crippen molar-refractivity contribution in [2.75, 3.05) is 9.80 Å². The molecule has 4 aliphatic carbocycles. The highest BCUT2D eigenvalue weighted by Gasteiger charge is 2.52. The molecule has 7 aromatic carbocycles. The first kappa shape index (κ1) is 37.2. The second-order valence-corrected chi connectivity index (χ2v) is 18.8. The maximum Gasteiger partial charge on any atom is 0.0465 e. The van der Waals surface area contributed by atoms with Crippen LogP contribution in [0.3, 0.4) is 0 Å². The fourth-order valence-electron chi connectivity index (χ4n) is 12.2. The van der Waals surface area contributed by atoms with Crippen LogP contribution in [0.25, 0.3) is 11.1 Å². The van der Waals surface area contributed by atoms with E-state index in [4.69, 9.17) is 0 Å². The Morgan fingerprint density at radius 2 is 0.933 bits per heavy atom. The van der Waals surface area contributed by atoms with E-state index in [0.29, 0.717) is 11.8 Å². The minimum atomic E-state index is -0.0604. The van der Waals surface area contributed by atoms with E-state index in [9.17, 15) is 0 Å². The molecular weight excluding hydrogens is 725 g/mol. The van der Waals surface area contributed by atoms with E-state index in [1.807, 2.05) is 0 Å². The third kappa shape index (κ3) is 6.21. The van der Waals surface area contributed by atoms with Crippen LogP contribution in [0.4, 0.5) is 34.1 Å². The lowest BCUT2D eigenvalue weighted by molar-refractivity contribution is 0.320. The first-order valence-corrected chi connectivity index (χ1v) is 22.7. The second kappa shape index (κ2) is 15.0. The van der Waals surface area contributed by atoms with Gasteiger partial charge in [-0.3, -0.25) is 0 Å². The average Bonchev–Trinajstić information content (AvgIpc) is 4.00. The Morgan fingerprint density at radius 1 is 0.433 bits per heavy atom. The van der Waals surface area contributed by atoms with Crippen molar-refractivity contribution in [2.24, 2.45) is 11.8 Å². The fourth-order valence-corrected chi connectivity index (χ4v) is 12.2. The monoisotopic (exact) mass is 780 g/mol. The van der Waals surface area contributed by atoms with Crippen molar-refractivity contribution in [3.63, 3.8) is 0 Å². The molecule has 3 fully saturated rings. The van der Waals surface area contributed by atoms with Crippen molar-refractivity contribution in [3.8, 4) is 11.1 Å². The summed E-state index contributed by atoms with van der Waals surface area (Å²) in [7, 11) is 0. The van der Waals surface area contributed by atoms with Crippen LogP contribution in [0.1, 0.15) is 105 Å². The number of hydrogen-bond acceptors (Lipinski definition) is 2. The zero-order valence-electron chi connectivity index (χ0n) is 35.2. The molecule has 0 saturated heterocycles. The van der Waals surface area contributed by atoms with E-state index < -0.39 is 0 Å². The summed E-state index contributed by atoms with van der Waals surface area (Å²) in [5.74, 6) is 2.15. The predicted octanol–water partition coefficient (Wildman–Crippen LogP) is 16.1. The summed E-state index contributed by atoms with van der Waals surface area (Å²) in [6.07, 6.45) is 12.0. The number of nitrogens with zero attached hydrogens (tertiary/aromatic N) is 2. The fraction of sp³-hybridized carbons (Fsp3) is 0.276. The average molecular weight is 781 g/mol. The van der Waals surface area contributed by atoms with Gasteiger partial charge in [-0.05, 0) is 162 Å². The lowest BCUT2D eigenvalue weighted by Gasteiger charge is -2.40. The standard InChI is InChI=1S/C58H56N2/c1-57(2)55-21-13-12-20-53(55)54-37-36-52(39-56(54)57)60(48-18-10-5-11-19-48)51-34-28-45(29-35-51)58(40-41-22-25-46(58)38-41)44-26-32-50(33-27-44)59(47-16-8-4-9-17-47)49-30-23-43(24-31-49)42-14-6-3-7-15-42/h4-5,8-13,16-21,23-24,26-37,39,41-42,46H,3,6-7,14-15,22,25,38,40H2,1-2H3. The van der Waals surface area contributed by atoms with Gasteiger partial charge in [-0.1, -0.05) is 143 Å². The minimum Gasteiger partial charge on any atom is -0.311 e. The van der Waals surface area contributed by atoms with Gasteiger partial charge in [0.2, 0.25) is 0 Å². The topological polar surface area (TPSA) is 6.48 Å². The summed E-state index contributed by atoms with van der Waals surface area (Å²) in [6.45, 7) is 4.75. The first-order valence-electron chi connectivity index (χ1n) is 22.7. The Bertz CT molecular complexity index is 2600. The van der Waals surface area contributed by atoms with Gasteiger partial charge < -0.3 is 9.80 Å². The van der Waals surface area contributed by atoms with Crippen LogP contribution in [0.2, 0.25) is 0 Å². The number of benzene rings is 7. The van der Waals surface area contributed by atoms with Gasteiger partial charge in [-0.15, -0.1) is 0 Å². The molecule has 0 heterocycles. The maximum atomic E-state index is 2.47. The molecule has 0 aliphatic heterocycles. The molecule has 0 radical (unpaired) electrons. The highest BCUT2D eigenvalue weighted by atomic mass is 15.1. The molecule has 3 unspecified atom stereocenters. The van der Waals surface area contributed by atoms with Crippen LogP contribution in [-0.4, -0.2) is 0 Å². The van der Waals surface area contributed by atoms with Gasteiger partial charge in [0.1, 0.15) is 0 Å². The van der Waals surface area contributed by atoms with E-state index in [-0.39, 0.29) is 10.8 Å². The summed E-state index contributed by atoms with van der Waals surface area (Å²) >= 11 is 0. The predicted molar refractivity (Wildman–Crippen MR) is 252 cm³/mol. The summed E-state index contributed by atoms with van der Waals surface area (Å²) in [4.78, 5) is 4.89. The molecule has 3 saturated carbocycles. The molecule has 4 aliphatic rings. The molecule has 0 spiro atoms. The van der Waals surface area contributed by atoms with Crippen molar-refractivity contribution in [1.29, 1.82) is 0 Å². The number of para-hydroxylation sites is 2. The Kier molecular flexibility index (Phi) is 9.29. The molecule has 2 bridgehead atoms. The van der Waals surface area contributed by atoms with Crippen LogP contribution < -0.4 is 9.80 Å². The van der Waals surface area contributed by atoms with Crippen molar-refractivity contribution >= 4 is 34.1 Å². The summed E-state index contributed by atoms with van der Waals surface area (Å²) in [6, 6.07) is 66.8. The molecule has 0 amide bonds. The van der Waals surface area contributed by atoms with Gasteiger partial charge in [0.25, 0.3) is 0 Å². The molecule has 7 aromatic rings. The molecule has 2 nitrogen and oxygen atoms in total. The van der Waals surface area contributed by atoms with Crippen LogP contribution in [0.15, 0.2) is 176 Å². The smallest absolute Gasteiger partial charge is 0.0465 e. The Labute approximate surface area is 357 Å². The molecule has 0 N–H and O–H groups in total. The van der Waals surface area contributed by atoms with Gasteiger partial charge in [0.05, 0.1) is 0 Å². The lowest BCUT2D eigenvalue weighted by atomic mass is 9.64. The Morgan fingerprint density at radius 3 is 1.50 bits per heavy atom. The van der Waals surface area contributed by atoms with E-state index in [1.54, 1.807) is 0 Å². The molecule has 2 heteroatoms. The third-order valence-electron chi connectivity index (χ3n) is 15.2. The minimum absolute atomic E-state index is 0.0140. The van der Waals surface area contributed by atoms with Gasteiger partial charge in [-0.25, -0.2) is 0 Å². The normalized spacial score (nSPS) is 21.4. The number of hydrogen-bond donors (Lipinski definition) is 0. The highest BCUT2D eigenvalue weighted by Crippen LogP contribution is 2.60. The van der Waals surface area contributed by atoms with Gasteiger partial charge >= 0.3 is 0 Å². The van der Waals surface area contributed by atoms with Crippen LogP contribution in [-0.2, 0) is 10.8 Å². The highest BCUT2D eigenvalue weighted by molar-refractivity contribution is 5.85. The number of anilines is 6. The quantitative estimate of drug-likeness (QED) is 0.144. The van der Waals surface area contributed by atoms with Crippen molar-refractivity contribution in [1.82, 2.24) is 0 Å². The second-order valence-electron chi connectivity index (χ2n) is 18.8. The van der Waals surface area contributed by atoms with Crippen LogP contribution in [0, 0.1) is 11.8 Å². The van der Waals surface area contributed by atoms with Crippen molar-refractivity contribution in [3.05, 3.63) is 204 Å². The zero-order valence-corrected chi connectivity index (χ0v) is 35.2. The molecule has 298 valence electrons. The lowest BCUT2D eigenvalue weighted by Crippen LogP contribution is -2.34. The zero-order chi connectivity index (χ0) is 40.3. The Balaban J connectivity index is 0.944. The summed E-state index contributed by atoms with van der Waals surface area (Å²) < 4.78 is 0. The van der Waals surface area contributed by atoms with Crippen LogP contribution >= 0.6 is 0 Å². The molecule has 0 aromatic heterocycles. The van der Waals surface area contributed by atoms with Crippen molar-refractivity contribution < 1.29 is 0 Å². The van der Waals surface area contributed by atoms with Gasteiger partial charge in [0, 0.05) is 45.0 Å². The number of fused-ring (bicyclic) bond motifs is 5. The third-order valence-corrected chi connectivity index (χ3v) is 15.2. The largest absolute Gasteiger partial charge is 0.311 e. The van der Waals surface area contributed by atoms with E-state index in [0.717, 1.165) is 5.92 Å². The van der Waals surface area contributed by atoms with Gasteiger partial charge in [-0.2, -0.15) is 0 Å². The van der Waals surface area contributed by atoms with E-state index >= 15 is 0 Å². The Hall–Kier alpha value is -5.86. The molecular formula is C58H56N2. The molecule has 11 rings (SSSR count). The molecule has 3 atom stereocenters. The summed E-state index contributed by atoms with van der Waals surface area (Å²) in [5, 5.41) is 0. The van der Waals surface area contributed by atoms with Gasteiger partial charge in [0.15, 0.2) is 0 Å². The first-order chi connectivity index (χ1) is 29.5. The van der Waals surface area contributed by atoms with Crippen molar-refractivity contribution in [2.45, 2.75) is 88.4 Å². The summed E-state index contributed by atoms with van der Waals surface area (Å²) in [5.41, 5.74) is 17.1. The van der Waals surface area contributed by atoms with Crippen LogP contribution in [0.5, 0.6) is 0 Å². The van der Waals surface area contributed by atoms with E-state index in [1.165, 1.54) is 131 Å². The SMILES string of the molecule is CC1(C)c2ccccc2-c2ccc(N(c3ccccc3)c3ccc(C4(c5ccc(N(c6ccccc6)c6ccc(C7CCCCC7)cc6)cc5)CC5CCC4C5)cc3)cc21. The number of rotatable bonds is 9. The van der Waals surface area contributed by atoms with E-state index in [2.05, 4.69) is 200 Å². The maximum absolute atomic E-state index is 2.47. The molecule has 60 heavy (non-hydrogen) atoms.